The highest BCUT2D eigenvalue weighted by Crippen LogP contribution is 2.26. The number of H-pyrrole nitrogens is 1. The maximum atomic E-state index is 13.0. The molecular weight excluding hydrogens is 496 g/mol. The zero-order valence-electron chi connectivity index (χ0n) is 20.4. The van der Waals surface area contributed by atoms with E-state index in [2.05, 4.69) is 25.5 Å². The number of aromatic amines is 1. The molecule has 0 aliphatic heterocycles. The molecule has 0 saturated heterocycles. The third kappa shape index (κ3) is 5.90. The summed E-state index contributed by atoms with van der Waals surface area (Å²) in [7, 11) is 1.59. The number of benzene rings is 2. The lowest BCUT2D eigenvalue weighted by Crippen LogP contribution is -2.31. The van der Waals surface area contributed by atoms with Crippen LogP contribution in [0.4, 0.5) is 0 Å². The Morgan fingerprint density at radius 2 is 1.94 bits per heavy atom. The van der Waals surface area contributed by atoms with E-state index in [4.69, 9.17) is 4.74 Å². The van der Waals surface area contributed by atoms with Gasteiger partial charge in [0.2, 0.25) is 0 Å². The number of carbonyl (C=O) groups excluding carboxylic acids is 1. The molecule has 188 valence electrons. The minimum atomic E-state index is -0.299. The smallest absolute Gasteiger partial charge is 0.258 e. The largest absolute Gasteiger partial charge is 0.497 e. The molecule has 2 aromatic carbocycles. The van der Waals surface area contributed by atoms with Gasteiger partial charge in [0, 0.05) is 12.1 Å². The van der Waals surface area contributed by atoms with Crippen molar-refractivity contribution in [2.24, 2.45) is 0 Å². The Balaban J connectivity index is 1.53. The van der Waals surface area contributed by atoms with Crippen LogP contribution in [0.15, 0.2) is 58.5 Å². The fourth-order valence-corrected chi connectivity index (χ4v) is 5.13. The lowest BCUT2D eigenvalue weighted by molar-refractivity contribution is 0.0933. The third-order valence-corrected chi connectivity index (χ3v) is 7.26. The summed E-state index contributed by atoms with van der Waals surface area (Å²) in [6, 6.07) is 14.0. The average molecular weight is 525 g/mol. The lowest BCUT2D eigenvalue weighted by atomic mass is 10.1. The zero-order chi connectivity index (χ0) is 25.5. The highest BCUT2D eigenvalue weighted by atomic mass is 32.2. The van der Waals surface area contributed by atoms with Gasteiger partial charge in [-0.15, -0.1) is 10.2 Å². The topological polar surface area (TPSA) is 115 Å². The summed E-state index contributed by atoms with van der Waals surface area (Å²) in [4.78, 5) is 32.8. The van der Waals surface area contributed by atoms with Crippen LogP contribution in [0.1, 0.15) is 41.4 Å². The first-order valence-corrected chi connectivity index (χ1v) is 13.9. The van der Waals surface area contributed by atoms with E-state index < -0.39 is 0 Å². The van der Waals surface area contributed by atoms with Crippen molar-refractivity contribution >= 4 is 40.3 Å². The molecule has 36 heavy (non-hydrogen) atoms. The van der Waals surface area contributed by atoms with E-state index in [-0.39, 0.29) is 17.5 Å². The van der Waals surface area contributed by atoms with E-state index in [1.807, 2.05) is 35.9 Å². The van der Waals surface area contributed by atoms with E-state index in [1.54, 1.807) is 49.2 Å². The number of hydrogen-bond acceptors (Lipinski definition) is 8. The van der Waals surface area contributed by atoms with Gasteiger partial charge in [0.1, 0.15) is 11.6 Å². The molecular formula is C25H28N6O3S2. The monoisotopic (exact) mass is 524 g/mol. The van der Waals surface area contributed by atoms with Crippen LogP contribution in [0.25, 0.3) is 10.9 Å². The predicted octanol–water partition coefficient (Wildman–Crippen LogP) is 4.06. The normalized spacial score (nSPS) is 12.0. The lowest BCUT2D eigenvalue weighted by Gasteiger charge is -2.19. The molecule has 0 radical (unpaired) electrons. The minimum Gasteiger partial charge on any atom is -0.497 e. The SMILES string of the molecule is CCn1c(SCc2nc3ccccc3c(=O)[nH]2)nnc1[C@@H](CCSC)NC(=O)c1ccc(OC)cc1. The Labute approximate surface area is 217 Å². The van der Waals surface area contributed by atoms with Crippen LogP contribution in [0.5, 0.6) is 5.75 Å². The molecule has 0 aliphatic carbocycles. The first kappa shape index (κ1) is 25.8. The highest BCUT2D eigenvalue weighted by molar-refractivity contribution is 7.98. The van der Waals surface area contributed by atoms with Gasteiger partial charge < -0.3 is 19.6 Å². The average Bonchev–Trinajstić information content (AvgIpc) is 3.32. The van der Waals surface area contributed by atoms with Crippen LogP contribution >= 0.6 is 23.5 Å². The number of nitrogens with zero attached hydrogens (tertiary/aromatic N) is 4. The number of nitrogens with one attached hydrogen (secondary N) is 2. The fraction of sp³-hybridized carbons (Fsp3) is 0.320. The molecule has 4 rings (SSSR count). The van der Waals surface area contributed by atoms with Gasteiger partial charge >= 0.3 is 0 Å². The molecule has 1 atom stereocenters. The number of amides is 1. The van der Waals surface area contributed by atoms with Gasteiger partial charge in [-0.3, -0.25) is 9.59 Å². The summed E-state index contributed by atoms with van der Waals surface area (Å²) in [5, 5.41) is 13.2. The van der Waals surface area contributed by atoms with Gasteiger partial charge in [-0.05, 0) is 61.8 Å². The quantitative estimate of drug-likeness (QED) is 0.282. The molecule has 0 saturated carbocycles. The molecule has 0 aliphatic rings. The van der Waals surface area contributed by atoms with E-state index in [1.165, 1.54) is 11.8 Å². The van der Waals surface area contributed by atoms with Crippen LogP contribution in [-0.2, 0) is 12.3 Å². The fourth-order valence-electron chi connectivity index (χ4n) is 3.78. The zero-order valence-corrected chi connectivity index (χ0v) is 22.0. The number of rotatable bonds is 11. The van der Waals surface area contributed by atoms with Crippen LogP contribution in [-0.4, -0.2) is 49.8 Å². The Hall–Kier alpha value is -3.31. The predicted molar refractivity (Wildman–Crippen MR) is 144 cm³/mol. The molecule has 2 aromatic heterocycles. The summed E-state index contributed by atoms with van der Waals surface area (Å²) >= 11 is 3.16. The van der Waals surface area contributed by atoms with Crippen molar-refractivity contribution in [1.82, 2.24) is 30.0 Å². The second-order valence-electron chi connectivity index (χ2n) is 7.94. The van der Waals surface area contributed by atoms with Crippen molar-refractivity contribution in [2.75, 3.05) is 19.1 Å². The summed E-state index contributed by atoms with van der Waals surface area (Å²) in [5.41, 5.74) is 1.05. The highest BCUT2D eigenvalue weighted by Gasteiger charge is 2.23. The van der Waals surface area contributed by atoms with Gasteiger partial charge in [-0.25, -0.2) is 4.98 Å². The minimum absolute atomic E-state index is 0.160. The molecule has 0 bridgehead atoms. The molecule has 0 spiro atoms. The maximum Gasteiger partial charge on any atom is 0.258 e. The summed E-state index contributed by atoms with van der Waals surface area (Å²) in [6.07, 6.45) is 2.75. The van der Waals surface area contributed by atoms with Gasteiger partial charge in [0.05, 0.1) is 29.8 Å². The summed E-state index contributed by atoms with van der Waals surface area (Å²) < 4.78 is 7.19. The second-order valence-corrected chi connectivity index (χ2v) is 9.87. The van der Waals surface area contributed by atoms with Crippen LogP contribution in [0.2, 0.25) is 0 Å². The number of fused-ring (bicyclic) bond motifs is 1. The molecule has 4 aromatic rings. The Kier molecular flexibility index (Phi) is 8.65. The third-order valence-electron chi connectivity index (χ3n) is 5.64. The molecule has 1 amide bonds. The number of aromatic nitrogens is 5. The number of thioether (sulfide) groups is 2. The van der Waals surface area contributed by atoms with Crippen molar-refractivity contribution in [3.8, 4) is 5.75 Å². The van der Waals surface area contributed by atoms with E-state index in [0.717, 1.165) is 5.75 Å². The molecule has 0 fully saturated rings. The standard InChI is InChI=1S/C25H28N6O3S2/c1-4-31-22(20(13-14-35-3)27-23(32)16-9-11-17(34-2)12-10-16)29-30-25(31)36-15-21-26-19-8-6-5-7-18(19)24(33)28-21/h5-12,20H,4,13-15H2,1-3H3,(H,27,32)(H,26,28,33)/t20-/m1/s1. The van der Waals surface area contributed by atoms with Crippen molar-refractivity contribution in [3.05, 3.63) is 76.1 Å². The number of methoxy groups -OCH3 is 1. The maximum absolute atomic E-state index is 13.0. The second kappa shape index (κ2) is 12.1. The van der Waals surface area contributed by atoms with Crippen LogP contribution in [0, 0.1) is 0 Å². The number of para-hydroxylation sites is 1. The Bertz CT molecular complexity index is 1390. The molecule has 11 heteroatoms. The van der Waals surface area contributed by atoms with Gasteiger partial charge in [0.25, 0.3) is 11.5 Å². The molecule has 2 heterocycles. The van der Waals surface area contributed by atoms with Crippen molar-refractivity contribution in [2.45, 2.75) is 36.8 Å². The molecule has 0 unspecified atom stereocenters. The summed E-state index contributed by atoms with van der Waals surface area (Å²) in [6.45, 7) is 2.66. The van der Waals surface area contributed by atoms with E-state index in [9.17, 15) is 9.59 Å². The van der Waals surface area contributed by atoms with E-state index in [0.29, 0.717) is 57.7 Å². The van der Waals surface area contributed by atoms with Gasteiger partial charge in [0.15, 0.2) is 11.0 Å². The first-order valence-electron chi connectivity index (χ1n) is 11.5. The Morgan fingerprint density at radius 1 is 1.17 bits per heavy atom. The first-order chi connectivity index (χ1) is 17.5. The van der Waals surface area contributed by atoms with Crippen molar-refractivity contribution in [1.29, 1.82) is 0 Å². The van der Waals surface area contributed by atoms with E-state index >= 15 is 0 Å². The van der Waals surface area contributed by atoms with Crippen LogP contribution < -0.4 is 15.6 Å². The number of carbonyl (C=O) groups is 1. The molecule has 2 N–H and O–H groups in total. The number of ether oxygens (including phenoxy) is 1. The van der Waals surface area contributed by atoms with Gasteiger partial charge in [-0.1, -0.05) is 23.9 Å². The van der Waals surface area contributed by atoms with Crippen LogP contribution in [0.3, 0.4) is 0 Å². The Morgan fingerprint density at radius 3 is 2.67 bits per heavy atom. The molecule has 9 nitrogen and oxygen atoms in total. The summed E-state index contributed by atoms with van der Waals surface area (Å²) in [5.74, 6) is 3.08. The van der Waals surface area contributed by atoms with Crippen molar-refractivity contribution < 1.29 is 9.53 Å². The van der Waals surface area contributed by atoms with Crippen molar-refractivity contribution in [3.63, 3.8) is 0 Å². The van der Waals surface area contributed by atoms with Gasteiger partial charge in [-0.2, -0.15) is 11.8 Å². The number of hydrogen-bond donors (Lipinski definition) is 2.